The number of rotatable bonds is 8. The number of aryl methyl sites for hydroxylation is 2. The van der Waals surface area contributed by atoms with Crippen molar-refractivity contribution in [2.75, 3.05) is 23.0 Å². The predicted molar refractivity (Wildman–Crippen MR) is 164 cm³/mol. The van der Waals surface area contributed by atoms with Crippen LogP contribution in [0.3, 0.4) is 0 Å². The lowest BCUT2D eigenvalue weighted by molar-refractivity contribution is 0.0795. The Morgan fingerprint density at radius 3 is 1.39 bits per heavy atom. The van der Waals surface area contributed by atoms with Crippen LogP contribution in [0.15, 0.2) is 36.4 Å². The van der Waals surface area contributed by atoms with Crippen LogP contribution in [-0.4, -0.2) is 43.2 Å². The summed E-state index contributed by atoms with van der Waals surface area (Å²) in [7, 11) is 0. The number of hydrogen-bond acceptors (Lipinski definition) is 4. The molecule has 0 aliphatic heterocycles. The van der Waals surface area contributed by atoms with E-state index < -0.39 is 11.2 Å². The van der Waals surface area contributed by atoms with E-state index in [9.17, 15) is 10.2 Å². The van der Waals surface area contributed by atoms with Gasteiger partial charge in [0.1, 0.15) is 11.2 Å². The zero-order chi connectivity index (χ0) is 28.1. The summed E-state index contributed by atoms with van der Waals surface area (Å²) in [6, 6.07) is 11.6. The van der Waals surface area contributed by atoms with E-state index in [2.05, 4.69) is 33.5 Å². The lowest BCUT2D eigenvalue weighted by Gasteiger charge is -2.21. The molecule has 2 atom stereocenters. The molecule has 0 saturated carbocycles. The topological polar surface area (TPSA) is 80.8 Å². The molecule has 2 unspecified atom stereocenters. The van der Waals surface area contributed by atoms with Gasteiger partial charge in [-0.3, -0.25) is 0 Å². The highest BCUT2D eigenvalue weighted by atomic mass is 32.2. The van der Waals surface area contributed by atoms with Gasteiger partial charge in [-0.05, 0) is 97.5 Å². The van der Waals surface area contributed by atoms with Gasteiger partial charge in [-0.1, -0.05) is 13.8 Å². The summed E-state index contributed by atoms with van der Waals surface area (Å²) in [5.74, 6) is 3.28. The second-order valence-corrected chi connectivity index (χ2v) is 12.4. The lowest BCUT2D eigenvalue weighted by atomic mass is 10.1. The van der Waals surface area contributed by atoms with Crippen LogP contribution < -0.4 is 0 Å². The van der Waals surface area contributed by atoms with E-state index in [-0.39, 0.29) is 0 Å². The molecule has 0 fully saturated rings. The van der Waals surface area contributed by atoms with Gasteiger partial charge in [-0.2, -0.15) is 23.5 Å². The number of aromatic amines is 2. The Kier molecular flexibility index (Phi) is 9.62. The fraction of sp³-hybridized carbons (Fsp3) is 0.400. The van der Waals surface area contributed by atoms with Gasteiger partial charge in [0.15, 0.2) is 11.4 Å². The molecular weight excluding hydrogens is 512 g/mol. The number of nitrogens with one attached hydrogen (secondary N) is 2. The first kappa shape index (κ1) is 29.7. The SMILES string of the molecule is [C-]#[N+]c1cc2cc(C(C)(O)CSCC)[nH]c2cc1C.[C-]#[N+]c1cc2cc(C(C)(O)CSCC)[nH]c2cc1C. The standard InChI is InChI=1S/2C15H18N2OS/c2*1-5-19-9-15(3,18)14-8-11-7-12(16-4)10(2)6-13(11)17-14/h2*6-8,17-18H,5,9H2,1-3H3. The number of thioether (sulfide) groups is 2. The van der Waals surface area contributed by atoms with Crippen molar-refractivity contribution in [2.24, 2.45) is 0 Å². The highest BCUT2D eigenvalue weighted by Crippen LogP contribution is 2.32. The van der Waals surface area contributed by atoms with E-state index >= 15 is 0 Å². The summed E-state index contributed by atoms with van der Waals surface area (Å²) in [6.45, 7) is 25.9. The quantitative estimate of drug-likeness (QED) is 0.168. The van der Waals surface area contributed by atoms with Crippen molar-refractivity contribution in [1.82, 2.24) is 9.97 Å². The first-order valence-corrected chi connectivity index (χ1v) is 14.9. The molecule has 200 valence electrons. The number of aliphatic hydroxyl groups is 2. The largest absolute Gasteiger partial charge is 0.383 e. The first-order valence-electron chi connectivity index (χ1n) is 12.6. The number of hydrogen-bond donors (Lipinski definition) is 4. The third-order valence-electron chi connectivity index (χ3n) is 6.45. The van der Waals surface area contributed by atoms with Gasteiger partial charge < -0.3 is 20.2 Å². The zero-order valence-electron chi connectivity index (χ0n) is 22.9. The van der Waals surface area contributed by atoms with E-state index in [1.165, 1.54) is 0 Å². The van der Waals surface area contributed by atoms with Crippen LogP contribution in [0.4, 0.5) is 11.4 Å². The molecule has 6 nitrogen and oxygen atoms in total. The monoisotopic (exact) mass is 548 g/mol. The van der Waals surface area contributed by atoms with Gasteiger partial charge in [0, 0.05) is 33.9 Å². The smallest absolute Gasteiger partial charge is 0.190 e. The second kappa shape index (κ2) is 12.3. The number of H-pyrrole nitrogens is 2. The van der Waals surface area contributed by atoms with Gasteiger partial charge in [0.05, 0.1) is 13.1 Å². The second-order valence-electron chi connectivity index (χ2n) is 9.86. The van der Waals surface area contributed by atoms with Crippen LogP contribution in [0.25, 0.3) is 31.5 Å². The van der Waals surface area contributed by atoms with Gasteiger partial charge in [-0.25, -0.2) is 9.69 Å². The summed E-state index contributed by atoms with van der Waals surface area (Å²) >= 11 is 3.42. The van der Waals surface area contributed by atoms with Crippen molar-refractivity contribution in [3.63, 3.8) is 0 Å². The maximum absolute atomic E-state index is 10.5. The molecule has 4 N–H and O–H groups in total. The van der Waals surface area contributed by atoms with E-state index in [0.717, 1.165) is 55.8 Å². The normalized spacial score (nSPS) is 14.3. The van der Waals surface area contributed by atoms with E-state index in [4.69, 9.17) is 13.1 Å². The minimum Gasteiger partial charge on any atom is -0.383 e. The van der Waals surface area contributed by atoms with E-state index in [1.807, 2.05) is 64.1 Å². The molecule has 0 aliphatic carbocycles. The molecule has 0 saturated heterocycles. The molecule has 2 aromatic heterocycles. The molecule has 0 bridgehead atoms. The summed E-state index contributed by atoms with van der Waals surface area (Å²) in [5.41, 5.74) is 5.08. The molecule has 4 rings (SSSR count). The van der Waals surface area contributed by atoms with Crippen molar-refractivity contribution in [3.8, 4) is 0 Å². The maximum atomic E-state index is 10.5. The minimum absolute atomic E-state index is 0.658. The first-order chi connectivity index (χ1) is 17.9. The van der Waals surface area contributed by atoms with Gasteiger partial charge >= 0.3 is 0 Å². The molecule has 0 radical (unpaired) electrons. The highest BCUT2D eigenvalue weighted by molar-refractivity contribution is 7.99. The van der Waals surface area contributed by atoms with Crippen molar-refractivity contribution in [2.45, 2.75) is 52.7 Å². The molecular formula is C30H36N4O2S2. The van der Waals surface area contributed by atoms with E-state index in [0.29, 0.717) is 22.9 Å². The van der Waals surface area contributed by atoms with Gasteiger partial charge in [0.25, 0.3) is 0 Å². The lowest BCUT2D eigenvalue weighted by Crippen LogP contribution is -2.24. The van der Waals surface area contributed by atoms with Crippen molar-refractivity contribution in [3.05, 3.63) is 81.7 Å². The Hall–Kier alpha value is -2.88. The van der Waals surface area contributed by atoms with Gasteiger partial charge in [-0.15, -0.1) is 0 Å². The van der Waals surface area contributed by atoms with Crippen molar-refractivity contribution < 1.29 is 10.2 Å². The Morgan fingerprint density at radius 1 is 0.711 bits per heavy atom. The molecule has 38 heavy (non-hydrogen) atoms. The third-order valence-corrected chi connectivity index (χ3v) is 8.80. The van der Waals surface area contributed by atoms with Crippen LogP contribution >= 0.6 is 23.5 Å². The Morgan fingerprint density at radius 2 is 1.08 bits per heavy atom. The average Bonchev–Trinajstić information content (AvgIpc) is 3.50. The van der Waals surface area contributed by atoms with Crippen LogP contribution in [0, 0.1) is 27.0 Å². The molecule has 8 heteroatoms. The summed E-state index contributed by atoms with van der Waals surface area (Å²) < 4.78 is 0. The molecule has 0 amide bonds. The maximum Gasteiger partial charge on any atom is 0.190 e. The summed E-state index contributed by atoms with van der Waals surface area (Å²) in [5, 5.41) is 23.0. The summed E-state index contributed by atoms with van der Waals surface area (Å²) in [4.78, 5) is 13.6. The Bertz CT molecular complexity index is 1390. The molecule has 4 aromatic rings. The number of fused-ring (bicyclic) bond motifs is 2. The van der Waals surface area contributed by atoms with Crippen LogP contribution in [0.2, 0.25) is 0 Å². The Balaban J connectivity index is 0.000000211. The van der Waals surface area contributed by atoms with Crippen LogP contribution in [0.1, 0.15) is 50.2 Å². The summed E-state index contributed by atoms with van der Waals surface area (Å²) in [6.07, 6.45) is 0. The molecule has 0 spiro atoms. The average molecular weight is 549 g/mol. The third kappa shape index (κ3) is 6.76. The van der Waals surface area contributed by atoms with Crippen molar-refractivity contribution >= 4 is 56.7 Å². The van der Waals surface area contributed by atoms with Crippen LogP contribution in [-0.2, 0) is 11.2 Å². The predicted octanol–water partition coefficient (Wildman–Crippen LogP) is 7.98. The van der Waals surface area contributed by atoms with Crippen molar-refractivity contribution in [1.29, 1.82) is 0 Å². The zero-order valence-corrected chi connectivity index (χ0v) is 24.5. The minimum atomic E-state index is -0.869. The number of aromatic nitrogens is 2. The number of benzene rings is 2. The fourth-order valence-electron chi connectivity index (χ4n) is 4.13. The molecule has 2 heterocycles. The molecule has 2 aromatic carbocycles. The Labute approximate surface area is 233 Å². The molecule has 0 aliphatic rings. The van der Waals surface area contributed by atoms with Gasteiger partial charge in [0.2, 0.25) is 0 Å². The van der Waals surface area contributed by atoms with E-state index in [1.54, 1.807) is 23.5 Å². The fourth-order valence-corrected chi connectivity index (χ4v) is 5.65. The number of nitrogens with zero attached hydrogens (tertiary/aromatic N) is 2. The van der Waals surface area contributed by atoms with Crippen LogP contribution in [0.5, 0.6) is 0 Å². The highest BCUT2D eigenvalue weighted by Gasteiger charge is 2.26.